The summed E-state index contributed by atoms with van der Waals surface area (Å²) < 4.78 is 8.61. The minimum atomic E-state index is -0.176. The van der Waals surface area contributed by atoms with E-state index in [1.807, 2.05) is 58.0 Å². The van der Waals surface area contributed by atoms with Crippen molar-refractivity contribution in [2.24, 2.45) is 0 Å². The lowest BCUT2D eigenvalue weighted by molar-refractivity contribution is -0.133. The minimum absolute atomic E-state index is 0.0765. The van der Waals surface area contributed by atoms with Crippen LogP contribution in [0.1, 0.15) is 22.0 Å². The fourth-order valence-corrected chi connectivity index (χ4v) is 5.11. The molecule has 2 aromatic carbocycles. The van der Waals surface area contributed by atoms with Gasteiger partial charge in [-0.1, -0.05) is 52.8 Å². The Morgan fingerprint density at radius 3 is 2.61 bits per heavy atom. The molecule has 2 saturated heterocycles. The molecule has 36 heavy (non-hydrogen) atoms. The number of hydrogen-bond donors (Lipinski definition) is 1. The maximum Gasteiger partial charge on any atom is 0.256 e. The summed E-state index contributed by atoms with van der Waals surface area (Å²) in [5.74, 6) is -0.387. The summed E-state index contributed by atoms with van der Waals surface area (Å²) in [6.45, 7) is 5.94. The monoisotopic (exact) mass is 550 g/mol. The summed E-state index contributed by atoms with van der Waals surface area (Å²) in [4.78, 5) is 41.5. The van der Waals surface area contributed by atoms with Crippen molar-refractivity contribution in [3.63, 3.8) is 0 Å². The number of nitrogens with zero attached hydrogens (tertiary/aromatic N) is 3. The normalized spacial score (nSPS) is 18.1. The zero-order chi connectivity index (χ0) is 25.2. The van der Waals surface area contributed by atoms with E-state index in [2.05, 4.69) is 27.8 Å². The summed E-state index contributed by atoms with van der Waals surface area (Å²) >= 11 is 3.51. The van der Waals surface area contributed by atoms with E-state index in [0.29, 0.717) is 38.3 Å². The summed E-state index contributed by atoms with van der Waals surface area (Å²) in [7, 11) is 0. The number of rotatable bonds is 6. The number of likely N-dealkylation sites (tertiary alicyclic amines) is 1. The SMILES string of the molecule is C=CC(=O)N1CC(NC(=O)Cn2cc(C(=O)N3CCO[C@@H](c4ccccc4)C3)c3cc(Br)ccc32)C1. The van der Waals surface area contributed by atoms with Crippen LogP contribution in [0.25, 0.3) is 10.9 Å². The highest BCUT2D eigenvalue weighted by atomic mass is 79.9. The highest BCUT2D eigenvalue weighted by Gasteiger charge is 2.31. The second-order valence-corrected chi connectivity index (χ2v) is 9.98. The first kappa shape index (κ1) is 24.3. The molecule has 0 spiro atoms. The minimum Gasteiger partial charge on any atom is -0.370 e. The van der Waals surface area contributed by atoms with Gasteiger partial charge in [-0.05, 0) is 29.8 Å². The Labute approximate surface area is 217 Å². The average molecular weight is 551 g/mol. The Morgan fingerprint density at radius 2 is 1.86 bits per heavy atom. The summed E-state index contributed by atoms with van der Waals surface area (Å²) in [5, 5.41) is 3.75. The van der Waals surface area contributed by atoms with Crippen LogP contribution in [0.15, 0.2) is 71.9 Å². The third kappa shape index (κ3) is 4.94. The lowest BCUT2D eigenvalue weighted by atomic mass is 10.1. The number of hydrogen-bond acceptors (Lipinski definition) is 4. The smallest absolute Gasteiger partial charge is 0.256 e. The molecule has 3 amide bonds. The van der Waals surface area contributed by atoms with Crippen molar-refractivity contribution in [1.82, 2.24) is 19.7 Å². The molecule has 5 rings (SSSR count). The number of benzene rings is 2. The molecule has 0 radical (unpaired) electrons. The molecule has 3 heterocycles. The van der Waals surface area contributed by atoms with Crippen molar-refractivity contribution in [3.05, 3.63) is 83.0 Å². The van der Waals surface area contributed by atoms with Crippen molar-refractivity contribution in [1.29, 1.82) is 0 Å². The van der Waals surface area contributed by atoms with Crippen LogP contribution in [0.4, 0.5) is 0 Å². The van der Waals surface area contributed by atoms with E-state index in [-0.39, 0.29) is 36.4 Å². The number of amides is 3. The van der Waals surface area contributed by atoms with Crippen molar-refractivity contribution in [3.8, 4) is 0 Å². The third-order valence-corrected chi connectivity index (χ3v) is 7.14. The van der Waals surface area contributed by atoms with Gasteiger partial charge in [0.25, 0.3) is 5.91 Å². The summed E-state index contributed by atoms with van der Waals surface area (Å²) in [6, 6.07) is 15.5. The van der Waals surface area contributed by atoms with E-state index < -0.39 is 0 Å². The largest absolute Gasteiger partial charge is 0.370 e. The molecular weight excluding hydrogens is 524 g/mol. The zero-order valence-electron chi connectivity index (χ0n) is 19.7. The van der Waals surface area contributed by atoms with Gasteiger partial charge in [0.05, 0.1) is 24.8 Å². The summed E-state index contributed by atoms with van der Waals surface area (Å²) in [5.41, 5.74) is 2.40. The molecule has 0 unspecified atom stereocenters. The lowest BCUT2D eigenvalue weighted by Crippen LogP contribution is -2.61. The third-order valence-electron chi connectivity index (χ3n) is 6.65. The number of carbonyl (C=O) groups excluding carboxylic acids is 3. The predicted molar refractivity (Wildman–Crippen MR) is 139 cm³/mol. The van der Waals surface area contributed by atoms with Gasteiger partial charge in [-0.3, -0.25) is 14.4 Å². The number of nitrogens with one attached hydrogen (secondary N) is 1. The Morgan fingerprint density at radius 1 is 1.08 bits per heavy atom. The molecular formula is C27H27BrN4O4. The first-order valence-corrected chi connectivity index (χ1v) is 12.7. The molecule has 8 nitrogen and oxygen atoms in total. The lowest BCUT2D eigenvalue weighted by Gasteiger charge is -2.38. The topological polar surface area (TPSA) is 83.9 Å². The van der Waals surface area contributed by atoms with Gasteiger partial charge in [0.15, 0.2) is 0 Å². The number of fused-ring (bicyclic) bond motifs is 1. The van der Waals surface area contributed by atoms with Gasteiger partial charge in [0, 0.05) is 41.2 Å². The molecule has 1 atom stereocenters. The highest BCUT2D eigenvalue weighted by Crippen LogP contribution is 2.29. The van der Waals surface area contributed by atoms with E-state index in [1.54, 1.807) is 11.1 Å². The van der Waals surface area contributed by atoms with E-state index in [1.165, 1.54) is 6.08 Å². The van der Waals surface area contributed by atoms with Gasteiger partial charge in [-0.15, -0.1) is 0 Å². The number of halogens is 1. The summed E-state index contributed by atoms with van der Waals surface area (Å²) in [6.07, 6.45) is 2.86. The van der Waals surface area contributed by atoms with E-state index in [9.17, 15) is 14.4 Å². The highest BCUT2D eigenvalue weighted by molar-refractivity contribution is 9.10. The van der Waals surface area contributed by atoms with E-state index in [4.69, 9.17) is 4.74 Å². The quantitative estimate of drug-likeness (QED) is 0.478. The second-order valence-electron chi connectivity index (χ2n) is 9.07. The molecule has 2 aliphatic rings. The van der Waals surface area contributed by atoms with Gasteiger partial charge in [-0.25, -0.2) is 0 Å². The fourth-order valence-electron chi connectivity index (χ4n) is 4.75. The maximum atomic E-state index is 13.7. The van der Waals surface area contributed by atoms with Crippen LogP contribution in [0.5, 0.6) is 0 Å². The van der Waals surface area contributed by atoms with Crippen molar-refractivity contribution in [2.75, 3.05) is 32.8 Å². The van der Waals surface area contributed by atoms with Crippen LogP contribution in [0, 0.1) is 0 Å². The van der Waals surface area contributed by atoms with Gasteiger partial charge in [-0.2, -0.15) is 0 Å². The van der Waals surface area contributed by atoms with Gasteiger partial charge in [0.2, 0.25) is 11.8 Å². The molecule has 3 aromatic rings. The molecule has 0 bridgehead atoms. The Balaban J connectivity index is 1.33. The number of ether oxygens (including phenoxy) is 1. The van der Waals surface area contributed by atoms with Gasteiger partial charge in [0.1, 0.15) is 12.6 Å². The average Bonchev–Trinajstić information content (AvgIpc) is 3.22. The van der Waals surface area contributed by atoms with Crippen LogP contribution >= 0.6 is 15.9 Å². The van der Waals surface area contributed by atoms with Gasteiger partial charge < -0.3 is 24.4 Å². The molecule has 9 heteroatoms. The Hall–Kier alpha value is -3.43. The fraction of sp³-hybridized carbons (Fsp3) is 0.296. The molecule has 2 aliphatic heterocycles. The van der Waals surface area contributed by atoms with Crippen molar-refractivity contribution < 1.29 is 19.1 Å². The van der Waals surface area contributed by atoms with Crippen LogP contribution < -0.4 is 5.32 Å². The standard InChI is InChI=1S/C27H27BrN4O4/c1-2-26(34)32-13-20(14-32)29-25(33)17-31-15-22(21-12-19(28)8-9-23(21)31)27(35)30-10-11-36-24(16-30)18-6-4-3-5-7-18/h2-9,12,15,20,24H,1,10-11,13-14,16-17H2,(H,29,33)/t24-/m1/s1. The predicted octanol–water partition coefficient (Wildman–Crippen LogP) is 3.13. The van der Waals surface area contributed by atoms with Crippen molar-refractivity contribution >= 4 is 44.6 Å². The maximum absolute atomic E-state index is 13.7. The molecule has 0 aliphatic carbocycles. The molecule has 2 fully saturated rings. The first-order valence-electron chi connectivity index (χ1n) is 11.9. The van der Waals surface area contributed by atoms with Crippen molar-refractivity contribution in [2.45, 2.75) is 18.7 Å². The van der Waals surface area contributed by atoms with Crippen LogP contribution in [-0.4, -0.2) is 70.9 Å². The van der Waals surface area contributed by atoms with Gasteiger partial charge >= 0.3 is 0 Å². The number of aromatic nitrogens is 1. The molecule has 1 N–H and O–H groups in total. The van der Waals surface area contributed by atoms with Crippen LogP contribution in [0.3, 0.4) is 0 Å². The number of morpholine rings is 1. The number of carbonyl (C=O) groups is 3. The molecule has 1 aromatic heterocycles. The van der Waals surface area contributed by atoms with Crippen LogP contribution in [0.2, 0.25) is 0 Å². The van der Waals surface area contributed by atoms with E-state index >= 15 is 0 Å². The Kier molecular flexibility index (Phi) is 6.93. The van der Waals surface area contributed by atoms with E-state index in [0.717, 1.165) is 20.9 Å². The molecule has 0 saturated carbocycles. The molecule has 186 valence electrons. The first-order chi connectivity index (χ1) is 17.4. The second kappa shape index (κ2) is 10.3. The van der Waals surface area contributed by atoms with Crippen LogP contribution in [-0.2, 0) is 20.9 Å². The zero-order valence-corrected chi connectivity index (χ0v) is 21.3. The Bertz CT molecular complexity index is 1320.